The minimum Gasteiger partial charge on any atom is -0.481 e. The largest absolute Gasteiger partial charge is 0.481 e. The smallest absolute Gasteiger partial charge is 0.307 e. The van der Waals surface area contributed by atoms with Crippen molar-refractivity contribution in [3.8, 4) is 0 Å². The van der Waals surface area contributed by atoms with Gasteiger partial charge in [0.15, 0.2) is 0 Å². The predicted molar refractivity (Wildman–Crippen MR) is 70.9 cm³/mol. The van der Waals surface area contributed by atoms with E-state index in [1.165, 1.54) is 12.5 Å². The molecule has 1 heterocycles. The molecule has 3 rings (SSSR count). The van der Waals surface area contributed by atoms with E-state index in [0.29, 0.717) is 6.54 Å². The maximum atomic E-state index is 12.8. The van der Waals surface area contributed by atoms with Crippen molar-refractivity contribution in [2.45, 2.75) is 25.8 Å². The molecule has 1 N–H and O–H groups in total. The maximum Gasteiger partial charge on any atom is 0.307 e. The Morgan fingerprint density at radius 1 is 1.55 bits per heavy atom. The van der Waals surface area contributed by atoms with Crippen LogP contribution < -0.4 is 0 Å². The molecule has 2 aromatic rings. The maximum absolute atomic E-state index is 12.8. The lowest BCUT2D eigenvalue weighted by Crippen LogP contribution is -2.01. The molecule has 0 aliphatic heterocycles. The van der Waals surface area contributed by atoms with Crippen LogP contribution in [0.1, 0.15) is 29.0 Å². The second-order valence-corrected chi connectivity index (χ2v) is 5.35. The second-order valence-electron chi connectivity index (χ2n) is 5.35. The van der Waals surface area contributed by atoms with E-state index in [-0.39, 0.29) is 11.8 Å². The van der Waals surface area contributed by atoms with Gasteiger partial charge in [-0.2, -0.15) is 4.39 Å². The van der Waals surface area contributed by atoms with Crippen LogP contribution in [-0.2, 0) is 11.3 Å². The molecule has 0 saturated heterocycles. The van der Waals surface area contributed by atoms with E-state index in [9.17, 15) is 9.18 Å². The first-order valence-corrected chi connectivity index (χ1v) is 6.54. The molecule has 0 radical (unpaired) electrons. The number of carbonyl (C=O) groups is 1. The van der Waals surface area contributed by atoms with Crippen LogP contribution in [0.3, 0.4) is 0 Å². The zero-order valence-electron chi connectivity index (χ0n) is 11.1. The van der Waals surface area contributed by atoms with Crippen LogP contribution in [0.25, 0.3) is 0 Å². The first-order chi connectivity index (χ1) is 9.54. The summed E-state index contributed by atoms with van der Waals surface area (Å²) in [6.45, 7) is 2.55. The van der Waals surface area contributed by atoms with Crippen LogP contribution >= 0.6 is 0 Å². The molecule has 1 fully saturated rings. The van der Waals surface area contributed by atoms with Crippen LogP contribution in [0, 0.1) is 18.8 Å². The summed E-state index contributed by atoms with van der Waals surface area (Å²) in [6, 6.07) is 5.99. The van der Waals surface area contributed by atoms with Crippen molar-refractivity contribution in [2.24, 2.45) is 5.92 Å². The minimum atomic E-state index is -0.715. The summed E-state index contributed by atoms with van der Waals surface area (Å²) in [5.74, 6) is -1.29. The van der Waals surface area contributed by atoms with Crippen molar-refractivity contribution in [1.82, 2.24) is 9.55 Å². The van der Waals surface area contributed by atoms with Gasteiger partial charge in [0.1, 0.15) is 0 Å². The van der Waals surface area contributed by atoms with Gasteiger partial charge in [-0.1, -0.05) is 18.2 Å². The molecule has 0 amide bonds. The zero-order valence-corrected chi connectivity index (χ0v) is 11.1. The van der Waals surface area contributed by atoms with Crippen LogP contribution in [-0.4, -0.2) is 20.6 Å². The number of aryl methyl sites for hydroxylation is 1. The van der Waals surface area contributed by atoms with Gasteiger partial charge >= 0.3 is 5.97 Å². The first-order valence-electron chi connectivity index (χ1n) is 6.54. The van der Waals surface area contributed by atoms with Gasteiger partial charge in [-0.05, 0) is 36.0 Å². The fraction of sp³-hybridized carbons (Fsp3) is 0.333. The molecule has 1 saturated carbocycles. The standard InChI is InChI=1S/C15H15FN2O2/c1-9-4-10(6-18-7-14(16)17-8-18)2-3-11(9)12-5-13(12)15(19)20/h2-4,7-8,12-13H,5-6H2,1H3,(H,19,20)/t12-,13+/m0/s1. The van der Waals surface area contributed by atoms with E-state index in [1.54, 1.807) is 4.57 Å². The number of imidazole rings is 1. The molecule has 1 aliphatic rings. The number of aromatic nitrogens is 2. The summed E-state index contributed by atoms with van der Waals surface area (Å²) >= 11 is 0. The number of nitrogens with zero attached hydrogens (tertiary/aromatic N) is 2. The Morgan fingerprint density at radius 2 is 2.35 bits per heavy atom. The molecule has 4 nitrogen and oxygen atoms in total. The summed E-state index contributed by atoms with van der Waals surface area (Å²) in [5, 5.41) is 8.98. The lowest BCUT2D eigenvalue weighted by molar-refractivity contribution is -0.138. The Morgan fingerprint density at radius 3 is 2.90 bits per heavy atom. The molecule has 0 unspecified atom stereocenters. The Kier molecular flexibility index (Phi) is 3.04. The monoisotopic (exact) mass is 274 g/mol. The van der Waals surface area contributed by atoms with Crippen molar-refractivity contribution in [2.75, 3.05) is 0 Å². The number of rotatable bonds is 4. The van der Waals surface area contributed by atoms with Gasteiger partial charge in [0.2, 0.25) is 5.95 Å². The van der Waals surface area contributed by atoms with Gasteiger partial charge in [0, 0.05) is 6.54 Å². The van der Waals surface area contributed by atoms with Crippen molar-refractivity contribution in [3.05, 3.63) is 53.4 Å². The minimum absolute atomic E-state index is 0.146. The van der Waals surface area contributed by atoms with Gasteiger partial charge in [0.25, 0.3) is 0 Å². The Bertz CT molecular complexity index is 666. The fourth-order valence-corrected chi connectivity index (χ4v) is 2.69. The SMILES string of the molecule is Cc1cc(Cn2cnc(F)c2)ccc1[C@@H]1C[C@H]1C(=O)O. The summed E-state index contributed by atoms with van der Waals surface area (Å²) in [4.78, 5) is 14.5. The lowest BCUT2D eigenvalue weighted by Gasteiger charge is -2.08. The van der Waals surface area contributed by atoms with Crippen LogP contribution in [0.15, 0.2) is 30.7 Å². The van der Waals surface area contributed by atoms with Crippen molar-refractivity contribution < 1.29 is 14.3 Å². The summed E-state index contributed by atoms with van der Waals surface area (Å²) in [5.41, 5.74) is 3.26. The molecule has 104 valence electrons. The van der Waals surface area contributed by atoms with E-state index in [2.05, 4.69) is 4.98 Å². The normalized spacial score (nSPS) is 20.9. The molecule has 1 aliphatic carbocycles. The molecule has 2 atom stereocenters. The zero-order chi connectivity index (χ0) is 14.3. The number of carboxylic acid groups (broad SMARTS) is 1. The Labute approximate surface area is 115 Å². The van der Waals surface area contributed by atoms with Crippen LogP contribution in [0.5, 0.6) is 0 Å². The molecule has 5 heteroatoms. The Balaban J connectivity index is 1.76. The first kappa shape index (κ1) is 12.8. The third-order valence-electron chi connectivity index (χ3n) is 3.81. The summed E-state index contributed by atoms with van der Waals surface area (Å²) in [7, 11) is 0. The highest BCUT2D eigenvalue weighted by atomic mass is 19.1. The molecule has 0 bridgehead atoms. The molecular weight excluding hydrogens is 259 g/mol. The van der Waals surface area contributed by atoms with E-state index < -0.39 is 11.9 Å². The van der Waals surface area contributed by atoms with Gasteiger partial charge in [-0.3, -0.25) is 4.79 Å². The summed E-state index contributed by atoms with van der Waals surface area (Å²) in [6.07, 6.45) is 3.53. The number of benzene rings is 1. The fourth-order valence-electron chi connectivity index (χ4n) is 2.69. The van der Waals surface area contributed by atoms with Gasteiger partial charge in [-0.25, -0.2) is 4.98 Å². The third-order valence-corrected chi connectivity index (χ3v) is 3.81. The topological polar surface area (TPSA) is 55.1 Å². The molecule has 20 heavy (non-hydrogen) atoms. The second kappa shape index (κ2) is 4.74. The summed E-state index contributed by atoms with van der Waals surface area (Å²) < 4.78 is 14.5. The van der Waals surface area contributed by atoms with Crippen LogP contribution in [0.4, 0.5) is 4.39 Å². The van der Waals surface area contributed by atoms with E-state index in [0.717, 1.165) is 23.1 Å². The van der Waals surface area contributed by atoms with Crippen molar-refractivity contribution >= 4 is 5.97 Å². The number of halogens is 1. The molecular formula is C15H15FN2O2. The third kappa shape index (κ3) is 2.43. The predicted octanol–water partition coefficient (Wildman–Crippen LogP) is 2.57. The van der Waals surface area contributed by atoms with Crippen LogP contribution in [0.2, 0.25) is 0 Å². The number of hydrogen-bond donors (Lipinski definition) is 1. The van der Waals surface area contributed by atoms with Crippen molar-refractivity contribution in [3.63, 3.8) is 0 Å². The molecule has 1 aromatic heterocycles. The Hall–Kier alpha value is -2.17. The van der Waals surface area contributed by atoms with E-state index in [1.807, 2.05) is 25.1 Å². The van der Waals surface area contributed by atoms with Gasteiger partial charge in [-0.15, -0.1) is 0 Å². The van der Waals surface area contributed by atoms with E-state index >= 15 is 0 Å². The lowest BCUT2D eigenvalue weighted by atomic mass is 10.0. The average Bonchev–Trinajstić information content (AvgIpc) is 3.07. The quantitative estimate of drug-likeness (QED) is 0.932. The highest BCUT2D eigenvalue weighted by molar-refractivity contribution is 5.75. The average molecular weight is 274 g/mol. The number of hydrogen-bond acceptors (Lipinski definition) is 2. The van der Waals surface area contributed by atoms with Gasteiger partial charge in [0.05, 0.1) is 18.4 Å². The van der Waals surface area contributed by atoms with E-state index in [4.69, 9.17) is 5.11 Å². The number of aliphatic carboxylic acids is 1. The highest BCUT2D eigenvalue weighted by Gasteiger charge is 2.44. The molecule has 1 aromatic carbocycles. The van der Waals surface area contributed by atoms with Crippen molar-refractivity contribution in [1.29, 1.82) is 0 Å². The van der Waals surface area contributed by atoms with Gasteiger partial charge < -0.3 is 9.67 Å². The molecule has 0 spiro atoms. The number of carboxylic acids is 1. The highest BCUT2D eigenvalue weighted by Crippen LogP contribution is 2.48.